The minimum Gasteiger partial charge on any atom is -0.508 e. The molecule has 0 unspecified atom stereocenters. The van der Waals surface area contributed by atoms with Crippen molar-refractivity contribution in [2.45, 2.75) is 24.5 Å². The summed E-state index contributed by atoms with van der Waals surface area (Å²) in [7, 11) is 3.02. The molecule has 4 rings (SSSR count). The molecule has 0 aromatic heterocycles. The van der Waals surface area contributed by atoms with Crippen LogP contribution < -0.4 is 5.73 Å². The van der Waals surface area contributed by atoms with Crippen LogP contribution in [0.3, 0.4) is 0 Å². The predicted molar refractivity (Wildman–Crippen MR) is 114 cm³/mol. The first-order chi connectivity index (χ1) is 15.3. The molecule has 10 nitrogen and oxygen atoms in total. The first-order valence-corrected chi connectivity index (χ1v) is 10.4. The highest BCUT2D eigenvalue weighted by atomic mass is 35.5. The maximum atomic E-state index is 13.6. The number of fused-ring (bicyclic) bond motifs is 3. The molecular weight excluding hydrogens is 456 g/mol. The number of likely N-dealkylation sites (N-methyl/N-ethyl adjacent to an activating group) is 1. The Balaban J connectivity index is 2.00. The van der Waals surface area contributed by atoms with Crippen molar-refractivity contribution in [1.29, 1.82) is 0 Å². The van der Waals surface area contributed by atoms with Crippen LogP contribution in [-0.4, -0.2) is 73.8 Å². The normalized spacial score (nSPS) is 29.1. The van der Waals surface area contributed by atoms with Gasteiger partial charge in [0.2, 0.25) is 5.78 Å². The number of phenolic OH excluding ortho intramolecular Hbond substituents is 1. The number of primary amides is 1. The van der Waals surface area contributed by atoms with Crippen molar-refractivity contribution in [3.8, 4) is 5.75 Å². The largest absolute Gasteiger partial charge is 0.508 e. The van der Waals surface area contributed by atoms with E-state index in [0.717, 1.165) is 6.07 Å². The number of aliphatic hydroxyl groups excluding tert-OH is 2. The zero-order valence-corrected chi connectivity index (χ0v) is 18.4. The number of nitrogens with two attached hydrogens (primary N) is 1. The number of Topliss-reactive ketones (excluding diaryl/α,β-unsaturated/α-hetero) is 2. The van der Waals surface area contributed by atoms with Crippen molar-refractivity contribution in [3.63, 3.8) is 0 Å². The zero-order chi connectivity index (χ0) is 24.6. The Hall–Kier alpha value is -3.21. The van der Waals surface area contributed by atoms with Gasteiger partial charge in [-0.1, -0.05) is 0 Å². The van der Waals surface area contributed by atoms with Gasteiger partial charge in [-0.25, -0.2) is 0 Å². The Kier molecular flexibility index (Phi) is 5.15. The Morgan fingerprint density at radius 3 is 2.36 bits per heavy atom. The molecular formula is C22H21ClN2O8. The smallest absolute Gasteiger partial charge is 0.255 e. The van der Waals surface area contributed by atoms with Gasteiger partial charge in [-0.15, -0.1) is 0 Å². The lowest BCUT2D eigenvalue weighted by Crippen LogP contribution is -2.65. The number of aliphatic hydroxyl groups is 3. The highest BCUT2D eigenvalue weighted by molar-refractivity contribution is 6.68. The van der Waals surface area contributed by atoms with Gasteiger partial charge in [0.25, 0.3) is 11.1 Å². The number of phenols is 1. The molecule has 11 heteroatoms. The van der Waals surface area contributed by atoms with E-state index in [1.807, 2.05) is 0 Å². The van der Waals surface area contributed by atoms with E-state index in [2.05, 4.69) is 0 Å². The summed E-state index contributed by atoms with van der Waals surface area (Å²) in [4.78, 5) is 51.8. The molecule has 33 heavy (non-hydrogen) atoms. The van der Waals surface area contributed by atoms with Crippen LogP contribution in [0.5, 0.6) is 5.75 Å². The fourth-order valence-corrected chi connectivity index (χ4v) is 5.61. The molecule has 3 aliphatic rings. The number of aromatic hydroxyl groups is 1. The summed E-state index contributed by atoms with van der Waals surface area (Å²) in [6.07, 6.45) is -0.0753. The molecule has 1 aromatic carbocycles. The molecule has 1 saturated carbocycles. The van der Waals surface area contributed by atoms with Gasteiger partial charge in [-0.05, 0) is 62.2 Å². The van der Waals surface area contributed by atoms with Gasteiger partial charge in [0, 0.05) is 17.1 Å². The average Bonchev–Trinajstić information content (AvgIpc) is 2.70. The lowest BCUT2D eigenvalue weighted by atomic mass is 9.57. The van der Waals surface area contributed by atoms with Gasteiger partial charge in [0.05, 0.1) is 11.6 Å². The van der Waals surface area contributed by atoms with Gasteiger partial charge in [-0.2, -0.15) is 0 Å². The summed E-state index contributed by atoms with van der Waals surface area (Å²) in [5.41, 5.74) is 1.46. The van der Waals surface area contributed by atoms with Crippen molar-refractivity contribution in [3.05, 3.63) is 45.7 Å². The van der Waals surface area contributed by atoms with Gasteiger partial charge in [0.15, 0.2) is 11.4 Å². The van der Waals surface area contributed by atoms with Crippen LogP contribution in [0.4, 0.5) is 0 Å². The maximum Gasteiger partial charge on any atom is 0.255 e. The number of nitrogens with zero attached hydrogens (tertiary/aromatic N) is 1. The third-order valence-electron chi connectivity index (χ3n) is 6.82. The lowest BCUT2D eigenvalue weighted by molar-refractivity contribution is -0.153. The third-order valence-corrected chi connectivity index (χ3v) is 7.02. The molecule has 174 valence electrons. The lowest BCUT2D eigenvalue weighted by Gasteiger charge is -2.50. The van der Waals surface area contributed by atoms with E-state index in [1.165, 1.54) is 25.1 Å². The Labute approximate surface area is 192 Å². The molecule has 0 radical (unpaired) electrons. The van der Waals surface area contributed by atoms with Crippen LogP contribution in [0, 0.1) is 11.8 Å². The number of benzene rings is 1. The fraction of sp³-hybridized carbons (Fsp3) is 0.364. The summed E-state index contributed by atoms with van der Waals surface area (Å²) in [6, 6.07) is 1.25. The van der Waals surface area contributed by atoms with Gasteiger partial charge in [-0.3, -0.25) is 24.1 Å². The molecule has 0 heterocycles. The SMILES string of the molecule is CN(C)[C@@H]1C(=O)C(C(N)=O)=C(O)[C@@]2(O)C(=O)C3=C(O)c4c(O)ccc(C(=O)Cl)c4C[C@H]3C[C@@H]12. The van der Waals surface area contributed by atoms with Crippen LogP contribution >= 0.6 is 11.6 Å². The molecule has 0 bridgehead atoms. The van der Waals surface area contributed by atoms with Crippen molar-refractivity contribution in [2.75, 3.05) is 14.1 Å². The molecule has 1 fully saturated rings. The quantitative estimate of drug-likeness (QED) is 0.304. The first kappa shape index (κ1) is 23.0. The second-order valence-corrected chi connectivity index (χ2v) is 9.06. The summed E-state index contributed by atoms with van der Waals surface area (Å²) >= 11 is 5.67. The summed E-state index contributed by atoms with van der Waals surface area (Å²) < 4.78 is 0. The molecule has 1 amide bonds. The Bertz CT molecular complexity index is 1220. The number of rotatable bonds is 3. The van der Waals surface area contributed by atoms with E-state index in [0.29, 0.717) is 0 Å². The second kappa shape index (κ2) is 7.41. The van der Waals surface area contributed by atoms with Gasteiger partial charge >= 0.3 is 0 Å². The van der Waals surface area contributed by atoms with Crippen molar-refractivity contribution in [2.24, 2.45) is 17.6 Å². The van der Waals surface area contributed by atoms with E-state index in [9.17, 15) is 39.6 Å². The predicted octanol–water partition coefficient (Wildman–Crippen LogP) is 0.343. The van der Waals surface area contributed by atoms with Gasteiger partial charge in [0.1, 0.15) is 22.8 Å². The van der Waals surface area contributed by atoms with E-state index in [1.54, 1.807) is 0 Å². The monoisotopic (exact) mass is 476 g/mol. The summed E-state index contributed by atoms with van der Waals surface area (Å²) in [6.45, 7) is 0. The van der Waals surface area contributed by atoms with Crippen molar-refractivity contribution < 1.29 is 39.6 Å². The molecule has 0 aliphatic heterocycles. The average molecular weight is 477 g/mol. The number of carbonyl (C=O) groups excluding carboxylic acids is 4. The molecule has 0 saturated heterocycles. The zero-order valence-electron chi connectivity index (χ0n) is 17.6. The third kappa shape index (κ3) is 2.94. The van der Waals surface area contributed by atoms with Crippen LogP contribution in [0.1, 0.15) is 27.9 Å². The van der Waals surface area contributed by atoms with Crippen LogP contribution in [0.15, 0.2) is 29.0 Å². The number of amides is 1. The van der Waals surface area contributed by atoms with Crippen LogP contribution in [0.25, 0.3) is 5.76 Å². The van der Waals surface area contributed by atoms with Crippen molar-refractivity contribution >= 4 is 40.1 Å². The number of hydrogen-bond donors (Lipinski definition) is 5. The number of halogens is 1. The number of ketones is 2. The van der Waals surface area contributed by atoms with Gasteiger partial charge < -0.3 is 26.2 Å². The standard InChI is InChI=1S/C22H21ClN2O8/c1-25(2)15-10-6-7-5-9-8(20(23)31)3-4-11(26)13(9)16(27)12(7)18(29)22(10,33)19(30)14(17(15)28)21(24)32/h3-4,7,10,15,26-27,30,33H,5-6H2,1-2H3,(H2,24,32)/t7-,10-,15-,22-/m0/s1. The van der Waals surface area contributed by atoms with Crippen LogP contribution in [-0.2, 0) is 20.8 Å². The highest BCUT2D eigenvalue weighted by Crippen LogP contribution is 2.52. The molecule has 3 aliphatic carbocycles. The highest BCUT2D eigenvalue weighted by Gasteiger charge is 2.64. The summed E-state index contributed by atoms with van der Waals surface area (Å²) in [5, 5.41) is 42.7. The van der Waals surface area contributed by atoms with Crippen LogP contribution in [0.2, 0.25) is 0 Å². The number of hydrogen-bond acceptors (Lipinski definition) is 9. The van der Waals surface area contributed by atoms with E-state index in [-0.39, 0.29) is 35.1 Å². The fourth-order valence-electron chi connectivity index (χ4n) is 5.43. The Morgan fingerprint density at radius 1 is 1.18 bits per heavy atom. The first-order valence-electron chi connectivity index (χ1n) is 10.0. The minimum atomic E-state index is -2.71. The second-order valence-electron chi connectivity index (χ2n) is 8.72. The van der Waals surface area contributed by atoms with Crippen molar-refractivity contribution in [1.82, 2.24) is 4.90 Å². The minimum absolute atomic E-state index is 0.00324. The van der Waals surface area contributed by atoms with E-state index < -0.39 is 69.0 Å². The number of carbonyl (C=O) groups is 4. The molecule has 1 aromatic rings. The summed E-state index contributed by atoms with van der Waals surface area (Å²) in [5.74, 6) is -7.48. The van der Waals surface area contributed by atoms with E-state index >= 15 is 0 Å². The van der Waals surface area contributed by atoms with E-state index in [4.69, 9.17) is 17.3 Å². The molecule has 0 spiro atoms. The Morgan fingerprint density at radius 2 is 1.82 bits per heavy atom. The maximum absolute atomic E-state index is 13.6. The molecule has 4 atom stereocenters. The topological polar surface area (TPSA) is 178 Å². The molecule has 6 N–H and O–H groups in total.